The second-order valence-corrected chi connectivity index (χ2v) is 21.9. The quantitative estimate of drug-likeness (QED) is 0.0460. The highest BCUT2D eigenvalue weighted by Crippen LogP contribution is 2.27. The zero-order chi connectivity index (χ0) is 59.5. The van der Waals surface area contributed by atoms with Crippen LogP contribution in [0.4, 0.5) is 0 Å². The van der Waals surface area contributed by atoms with Crippen LogP contribution >= 0.6 is 0 Å². The molecule has 27 nitrogen and oxygen atoms in total. The van der Waals surface area contributed by atoms with Crippen molar-refractivity contribution in [1.82, 2.24) is 41.7 Å². The van der Waals surface area contributed by atoms with Crippen molar-refractivity contribution < 1.29 is 79.2 Å². The minimum Gasteiger partial charge on any atom is -0.508 e. The van der Waals surface area contributed by atoms with Gasteiger partial charge in [-0.05, 0) is 68.7 Å². The van der Waals surface area contributed by atoms with Gasteiger partial charge in [-0.25, -0.2) is 0 Å². The number of fused-ring (bicyclic) bond motifs is 2. The van der Waals surface area contributed by atoms with Crippen molar-refractivity contribution in [1.29, 1.82) is 0 Å². The van der Waals surface area contributed by atoms with Gasteiger partial charge in [-0.15, -0.1) is 0 Å². The Morgan fingerprint density at radius 1 is 0.713 bits per heavy atom. The normalized spacial score (nSPS) is 28.3. The van der Waals surface area contributed by atoms with E-state index in [0.717, 1.165) is 67.4 Å². The molecule has 3 aliphatic heterocycles. The van der Waals surface area contributed by atoms with Crippen LogP contribution in [0.2, 0.25) is 0 Å². The van der Waals surface area contributed by atoms with E-state index in [0.29, 0.717) is 24.7 Å². The summed E-state index contributed by atoms with van der Waals surface area (Å²) in [5, 5.41) is 104. The highest BCUT2D eigenvalue weighted by molar-refractivity contribution is 5.98. The number of phenols is 1. The summed E-state index contributed by atoms with van der Waals surface area (Å²) in [6, 6.07) is -8.46. The van der Waals surface area contributed by atoms with Crippen LogP contribution in [-0.4, -0.2) is 209 Å². The van der Waals surface area contributed by atoms with Crippen molar-refractivity contribution in [3.63, 3.8) is 0 Å². The number of nitrogens with two attached hydrogens (primary N) is 3. The third kappa shape index (κ3) is 19.0. The molecule has 4 rings (SSSR count). The van der Waals surface area contributed by atoms with Gasteiger partial charge in [-0.2, -0.15) is 0 Å². The predicted molar refractivity (Wildman–Crippen MR) is 288 cm³/mol. The van der Waals surface area contributed by atoms with E-state index in [1.54, 1.807) is 0 Å². The van der Waals surface area contributed by atoms with Gasteiger partial charge in [0.2, 0.25) is 47.3 Å². The smallest absolute Gasteiger partial charge is 0.248 e. The summed E-state index contributed by atoms with van der Waals surface area (Å²) in [5.74, 6) is -8.13. The van der Waals surface area contributed by atoms with Gasteiger partial charge in [-0.3, -0.25) is 38.4 Å². The van der Waals surface area contributed by atoms with Crippen molar-refractivity contribution >= 4 is 47.3 Å². The number of aliphatic hydroxyl groups excluding tert-OH is 7. The van der Waals surface area contributed by atoms with E-state index in [1.165, 1.54) is 18.6 Å². The Morgan fingerprint density at radius 3 is 1.95 bits per heavy atom. The number of aliphatic hydroxyl groups is 7. The van der Waals surface area contributed by atoms with Gasteiger partial charge in [0.1, 0.15) is 60.4 Å². The molecular weight excluding hydrogens is 1050 g/mol. The van der Waals surface area contributed by atoms with Gasteiger partial charge < -0.3 is 99.8 Å². The van der Waals surface area contributed by atoms with Crippen molar-refractivity contribution in [2.45, 2.75) is 209 Å². The zero-order valence-corrected chi connectivity index (χ0v) is 46.3. The second-order valence-electron chi connectivity index (χ2n) is 21.9. The Labute approximate surface area is 466 Å². The molecule has 0 saturated carbocycles. The molecule has 0 aliphatic carbocycles. The highest BCUT2D eigenvalue weighted by atomic mass is 16.3. The monoisotopic (exact) mass is 1140 g/mol. The molecule has 452 valence electrons. The van der Waals surface area contributed by atoms with Crippen LogP contribution in [0.3, 0.4) is 0 Å². The van der Waals surface area contributed by atoms with E-state index in [1.807, 2.05) is 0 Å². The lowest BCUT2D eigenvalue weighted by Crippen LogP contribution is -2.65. The first kappa shape index (κ1) is 66.9. The maximum atomic E-state index is 14.6. The molecule has 1 aromatic carbocycles. The van der Waals surface area contributed by atoms with Crippen molar-refractivity contribution in [3.05, 3.63) is 29.8 Å². The summed E-state index contributed by atoms with van der Waals surface area (Å²) in [6.45, 7) is 6.11. The number of phenolic OH excluding ortho intramolecular Hbond substituents is 1. The van der Waals surface area contributed by atoms with Crippen LogP contribution in [-0.2, 0) is 38.4 Å². The Balaban J connectivity index is 1.78. The largest absolute Gasteiger partial charge is 0.508 e. The molecule has 3 saturated heterocycles. The fourth-order valence-electron chi connectivity index (χ4n) is 10.3. The number of hydrogen-bond donors (Lipinski definition) is 17. The summed E-state index contributed by atoms with van der Waals surface area (Å²) < 4.78 is 0. The van der Waals surface area contributed by atoms with Crippen LogP contribution in [0.1, 0.15) is 129 Å². The maximum absolute atomic E-state index is 14.6. The number of hydrogen-bond acceptors (Lipinski definition) is 19. The minimum atomic E-state index is -2.32. The van der Waals surface area contributed by atoms with Crippen LogP contribution in [0, 0.1) is 11.8 Å². The molecule has 1 aromatic rings. The van der Waals surface area contributed by atoms with Gasteiger partial charge >= 0.3 is 0 Å². The number of amides is 8. The van der Waals surface area contributed by atoms with Crippen LogP contribution < -0.4 is 49.1 Å². The molecular formula is C53H89N11O16. The molecule has 0 aromatic heterocycles. The molecule has 0 bridgehead atoms. The predicted octanol–water partition coefficient (Wildman–Crippen LogP) is -4.46. The van der Waals surface area contributed by atoms with Gasteiger partial charge in [-0.1, -0.05) is 77.8 Å². The average molecular weight is 1140 g/mol. The zero-order valence-electron chi connectivity index (χ0n) is 46.3. The third-order valence-electron chi connectivity index (χ3n) is 15.3. The first-order valence-electron chi connectivity index (χ1n) is 28.0. The maximum Gasteiger partial charge on any atom is 0.248 e. The van der Waals surface area contributed by atoms with Crippen molar-refractivity contribution in [2.75, 3.05) is 26.2 Å². The van der Waals surface area contributed by atoms with E-state index in [9.17, 15) is 79.2 Å². The second kappa shape index (κ2) is 32.1. The standard InChI is InChI=1S/C53H89N11O16/c1-5-27(2)22-28(3)12-10-8-6-7-9-11-13-39(71)57-34-24-38(70)46(61-47(74)33(56)25-55)62-51(78)43-37(69)19-21-63(43)53(80)41(36(68)18-20-54)59-50(77)42(45(73)44(72)30-14-16-31(66)17-15-30)60-49(76)35-23-32(67)26-64(35)52(79)40(29(4)65)58-48(34)75/h14-17,27-29,32-38,40-46,65-70,72-73H,5-13,18-26,54-56H2,1-4H3,(H,57,71)(H,58,75)(H,59,77)(H,60,76)(H,61,74)(H,62,78)/t27?,28?,29-,32-,33+,34-,35?,36-,37+,38-,40+,41+,42+,43+,44+,45+,46+/m1/s1. The van der Waals surface area contributed by atoms with E-state index < -0.39 is 171 Å². The van der Waals surface area contributed by atoms with Crippen LogP contribution in [0.5, 0.6) is 5.75 Å². The number of unbranched alkanes of at least 4 members (excludes halogenated alkanes) is 5. The lowest BCUT2D eigenvalue weighted by atomic mass is 9.91. The Bertz CT molecular complexity index is 2210. The molecule has 3 fully saturated rings. The van der Waals surface area contributed by atoms with E-state index in [-0.39, 0.29) is 37.1 Å². The molecule has 20 N–H and O–H groups in total. The number of nitrogens with zero attached hydrogens (tertiary/aromatic N) is 2. The Hall–Kier alpha value is -5.62. The van der Waals surface area contributed by atoms with Crippen LogP contribution in [0.15, 0.2) is 24.3 Å². The van der Waals surface area contributed by atoms with Gasteiger partial charge in [0.05, 0.1) is 36.6 Å². The van der Waals surface area contributed by atoms with E-state index in [4.69, 9.17) is 17.2 Å². The van der Waals surface area contributed by atoms with Gasteiger partial charge in [0, 0.05) is 38.9 Å². The van der Waals surface area contributed by atoms with Crippen molar-refractivity contribution in [3.8, 4) is 5.75 Å². The molecule has 0 radical (unpaired) electrons. The molecule has 80 heavy (non-hydrogen) atoms. The summed E-state index contributed by atoms with van der Waals surface area (Å²) in [5.41, 5.74) is 17.2. The fraction of sp³-hybridized carbons (Fsp3) is 0.736. The number of nitrogens with one attached hydrogen (secondary N) is 6. The molecule has 27 heteroatoms. The first-order chi connectivity index (χ1) is 37.8. The highest BCUT2D eigenvalue weighted by Gasteiger charge is 2.49. The van der Waals surface area contributed by atoms with Gasteiger partial charge in [0.15, 0.2) is 0 Å². The SMILES string of the molecule is CCC(C)CC(C)CCCCCCCCC(=O)N[C@@H]1C[C@@H](O)[C@@H](NC(=O)[C@@H](N)CN)NC(=O)[C@@H]2[C@@H](O)CCN2C(=O)[C@H]([C@H](O)CCN)NC(=O)[C@H]([C@H](O)[C@@H](O)c2ccc(O)cc2)NC(=O)C2C[C@@H](O)CN2C(=O)[C@H]([C@@H](C)O)NC1=O. The number of carbonyl (C=O) groups excluding carboxylic acids is 8. The Morgan fingerprint density at radius 2 is 1.32 bits per heavy atom. The number of benzene rings is 1. The summed E-state index contributed by atoms with van der Waals surface area (Å²) in [4.78, 5) is 116. The van der Waals surface area contributed by atoms with Crippen molar-refractivity contribution in [2.24, 2.45) is 29.0 Å². The average Bonchev–Trinajstić information content (AvgIpc) is 4.03. The lowest BCUT2D eigenvalue weighted by molar-refractivity contribution is -0.148. The molecule has 17 atom stereocenters. The number of carbonyl (C=O) groups is 8. The summed E-state index contributed by atoms with van der Waals surface area (Å²) >= 11 is 0. The topological polar surface area (TPSA) is 455 Å². The summed E-state index contributed by atoms with van der Waals surface area (Å²) in [6.07, 6.45) is -8.80. The van der Waals surface area contributed by atoms with Gasteiger partial charge in [0.25, 0.3) is 0 Å². The van der Waals surface area contributed by atoms with Crippen LogP contribution in [0.25, 0.3) is 0 Å². The number of rotatable bonds is 23. The lowest BCUT2D eigenvalue weighted by Gasteiger charge is -2.35. The molecule has 3 aliphatic rings. The molecule has 8 amide bonds. The molecule has 3 unspecified atom stereocenters. The first-order valence-corrected chi connectivity index (χ1v) is 28.0. The van der Waals surface area contributed by atoms with E-state index >= 15 is 0 Å². The Kier molecular flexibility index (Phi) is 26.9. The molecule has 3 heterocycles. The fourth-order valence-corrected chi connectivity index (χ4v) is 10.3. The van der Waals surface area contributed by atoms with E-state index in [2.05, 4.69) is 52.7 Å². The number of aromatic hydroxyl groups is 1. The minimum absolute atomic E-state index is 0.0864. The third-order valence-corrected chi connectivity index (χ3v) is 15.3. The molecule has 0 spiro atoms. The summed E-state index contributed by atoms with van der Waals surface area (Å²) in [7, 11) is 0.